The highest BCUT2D eigenvalue weighted by atomic mass is 16.1. The van der Waals surface area contributed by atoms with E-state index in [1.807, 2.05) is 0 Å². The van der Waals surface area contributed by atoms with Crippen molar-refractivity contribution in [2.45, 2.75) is 26.9 Å². The van der Waals surface area contributed by atoms with Crippen molar-refractivity contribution in [1.29, 1.82) is 0 Å². The van der Waals surface area contributed by atoms with Crippen LogP contribution in [-0.4, -0.2) is 16.1 Å². The maximum atomic E-state index is 10.7. The zero-order valence-corrected chi connectivity index (χ0v) is 7.86. The summed E-state index contributed by atoms with van der Waals surface area (Å²) in [6.45, 7) is 3.81. The van der Waals surface area contributed by atoms with Crippen LogP contribution >= 0.6 is 0 Å². The van der Waals surface area contributed by atoms with Crippen LogP contribution in [0.1, 0.15) is 13.8 Å². The first-order valence-electron chi connectivity index (χ1n) is 4.11. The number of rotatable bonds is 4. The Bertz CT molecular complexity index is 298. The molecule has 0 spiro atoms. The van der Waals surface area contributed by atoms with Gasteiger partial charge in [0.15, 0.2) is 11.6 Å². The Morgan fingerprint density at radius 1 is 1.31 bits per heavy atom. The van der Waals surface area contributed by atoms with Crippen LogP contribution in [0.15, 0.2) is 18.7 Å². The van der Waals surface area contributed by atoms with Gasteiger partial charge in [0.25, 0.3) is 0 Å². The van der Waals surface area contributed by atoms with Gasteiger partial charge in [-0.3, -0.25) is 9.59 Å². The maximum absolute atomic E-state index is 10.7. The standard InChI is InChI=1S/C9H13N2O2/c1-8(12)5-10-3-4-11(7-10)6-9(2)13/h3-4,7H,5-6H2,1-2H3/q+1. The minimum Gasteiger partial charge on any atom is -0.296 e. The topological polar surface area (TPSA) is 43.0 Å². The van der Waals surface area contributed by atoms with Crippen molar-refractivity contribution < 1.29 is 14.2 Å². The molecule has 0 atom stereocenters. The molecule has 1 aromatic heterocycles. The molecule has 0 amide bonds. The van der Waals surface area contributed by atoms with E-state index in [2.05, 4.69) is 0 Å². The van der Waals surface area contributed by atoms with Crippen LogP contribution < -0.4 is 4.57 Å². The average molecular weight is 181 g/mol. The molecule has 70 valence electrons. The summed E-state index contributed by atoms with van der Waals surface area (Å²) < 4.78 is 3.51. The number of carbonyl (C=O) groups excluding carboxylic acids is 2. The molecule has 4 heteroatoms. The van der Waals surface area contributed by atoms with E-state index in [-0.39, 0.29) is 11.6 Å². The normalized spacial score (nSPS) is 10.0. The van der Waals surface area contributed by atoms with E-state index in [9.17, 15) is 9.59 Å². The number of Topliss-reactive ketones (excluding diaryl/α,β-unsaturated/α-hetero) is 2. The molecule has 1 heterocycles. The van der Waals surface area contributed by atoms with Crippen molar-refractivity contribution in [3.63, 3.8) is 0 Å². The van der Waals surface area contributed by atoms with Crippen LogP contribution in [0.3, 0.4) is 0 Å². The van der Waals surface area contributed by atoms with Crippen molar-refractivity contribution in [3.8, 4) is 0 Å². The molecule has 0 aromatic carbocycles. The van der Waals surface area contributed by atoms with E-state index in [4.69, 9.17) is 0 Å². The molecule has 0 aliphatic rings. The molecule has 0 aliphatic carbocycles. The number of nitrogens with zero attached hydrogens (tertiary/aromatic N) is 2. The minimum atomic E-state index is 0.102. The predicted octanol–water partition coefficient (Wildman–Crippen LogP) is -0.0464. The van der Waals surface area contributed by atoms with Gasteiger partial charge in [-0.1, -0.05) is 0 Å². The first-order valence-corrected chi connectivity index (χ1v) is 4.11. The summed E-state index contributed by atoms with van der Waals surface area (Å²) in [5.41, 5.74) is 0. The van der Waals surface area contributed by atoms with Gasteiger partial charge < -0.3 is 0 Å². The van der Waals surface area contributed by atoms with Gasteiger partial charge in [0.05, 0.1) is 0 Å². The van der Waals surface area contributed by atoms with Crippen molar-refractivity contribution in [2.24, 2.45) is 0 Å². The van der Waals surface area contributed by atoms with Crippen LogP contribution in [0.4, 0.5) is 0 Å². The average Bonchev–Trinajstić information content (AvgIpc) is 2.33. The summed E-state index contributed by atoms with van der Waals surface area (Å²) in [4.78, 5) is 21.5. The molecule has 0 unspecified atom stereocenters. The molecule has 0 radical (unpaired) electrons. The van der Waals surface area contributed by atoms with Gasteiger partial charge in [0.1, 0.15) is 25.5 Å². The van der Waals surface area contributed by atoms with Gasteiger partial charge in [-0.15, -0.1) is 0 Å². The first kappa shape index (κ1) is 9.64. The maximum Gasteiger partial charge on any atom is 0.244 e. The molecular formula is C9H13N2O2+. The zero-order valence-electron chi connectivity index (χ0n) is 7.86. The zero-order chi connectivity index (χ0) is 9.84. The third-order valence-electron chi connectivity index (χ3n) is 1.56. The summed E-state index contributed by atoms with van der Waals surface area (Å²) in [5.74, 6) is 0.205. The number of hydrogen-bond acceptors (Lipinski definition) is 2. The summed E-state index contributed by atoms with van der Waals surface area (Å²) in [6.07, 6.45) is 5.32. The van der Waals surface area contributed by atoms with Gasteiger partial charge in [-0.2, -0.15) is 0 Å². The molecule has 0 N–H and O–H groups in total. The van der Waals surface area contributed by atoms with Crippen molar-refractivity contribution in [3.05, 3.63) is 18.7 Å². The Balaban J connectivity index is 2.63. The molecule has 1 aromatic rings. The van der Waals surface area contributed by atoms with Crippen molar-refractivity contribution >= 4 is 11.6 Å². The second kappa shape index (κ2) is 3.98. The van der Waals surface area contributed by atoms with Crippen molar-refractivity contribution in [1.82, 2.24) is 4.57 Å². The third kappa shape index (κ3) is 3.19. The molecule has 0 bridgehead atoms. The second-order valence-electron chi connectivity index (χ2n) is 3.16. The molecule has 0 aliphatic heterocycles. The predicted molar refractivity (Wildman–Crippen MR) is 46.0 cm³/mol. The van der Waals surface area contributed by atoms with E-state index in [1.54, 1.807) is 27.9 Å². The lowest BCUT2D eigenvalue weighted by Crippen LogP contribution is -2.34. The fourth-order valence-corrected chi connectivity index (χ4v) is 1.14. The monoisotopic (exact) mass is 181 g/mol. The van der Waals surface area contributed by atoms with E-state index in [1.165, 1.54) is 13.8 Å². The van der Waals surface area contributed by atoms with Gasteiger partial charge in [0.2, 0.25) is 6.33 Å². The SMILES string of the molecule is CC(=O)Cn1cc[n+](CC(C)=O)c1. The Morgan fingerprint density at radius 2 is 2.00 bits per heavy atom. The quantitative estimate of drug-likeness (QED) is 0.611. The number of carbonyl (C=O) groups is 2. The number of imidazole rings is 1. The number of hydrogen-bond donors (Lipinski definition) is 0. The summed E-state index contributed by atoms with van der Waals surface area (Å²) in [7, 11) is 0. The van der Waals surface area contributed by atoms with E-state index >= 15 is 0 Å². The number of aromatic nitrogens is 2. The molecule has 0 saturated heterocycles. The highest BCUT2D eigenvalue weighted by molar-refractivity contribution is 5.75. The van der Waals surface area contributed by atoms with Gasteiger partial charge in [-0.05, 0) is 13.8 Å². The summed E-state index contributed by atoms with van der Waals surface area (Å²) in [6, 6.07) is 0. The Morgan fingerprint density at radius 3 is 2.54 bits per heavy atom. The van der Waals surface area contributed by atoms with Crippen LogP contribution in [0.5, 0.6) is 0 Å². The summed E-state index contributed by atoms with van der Waals surface area (Å²) in [5, 5.41) is 0. The lowest BCUT2D eigenvalue weighted by molar-refractivity contribution is -0.683. The van der Waals surface area contributed by atoms with Gasteiger partial charge >= 0.3 is 0 Å². The van der Waals surface area contributed by atoms with Crippen LogP contribution in [0.2, 0.25) is 0 Å². The Labute approximate surface area is 76.8 Å². The molecule has 0 saturated carbocycles. The molecule has 4 nitrogen and oxygen atoms in total. The lowest BCUT2D eigenvalue weighted by atomic mass is 10.4. The van der Waals surface area contributed by atoms with Gasteiger partial charge in [-0.25, -0.2) is 9.13 Å². The van der Waals surface area contributed by atoms with E-state index < -0.39 is 0 Å². The minimum absolute atomic E-state index is 0.102. The lowest BCUT2D eigenvalue weighted by Gasteiger charge is -1.90. The highest BCUT2D eigenvalue weighted by Gasteiger charge is 2.06. The fraction of sp³-hybridized carbons (Fsp3) is 0.444. The smallest absolute Gasteiger partial charge is 0.244 e. The van der Waals surface area contributed by atoms with E-state index in [0.29, 0.717) is 13.1 Å². The fourth-order valence-electron chi connectivity index (χ4n) is 1.14. The Kier molecular flexibility index (Phi) is 2.95. The van der Waals surface area contributed by atoms with Crippen LogP contribution in [0.25, 0.3) is 0 Å². The second-order valence-corrected chi connectivity index (χ2v) is 3.16. The third-order valence-corrected chi connectivity index (χ3v) is 1.56. The number of ketones is 2. The van der Waals surface area contributed by atoms with Crippen LogP contribution in [0, 0.1) is 0 Å². The van der Waals surface area contributed by atoms with Crippen molar-refractivity contribution in [2.75, 3.05) is 0 Å². The highest BCUT2D eigenvalue weighted by Crippen LogP contribution is 1.85. The Hall–Kier alpha value is -1.45. The molecule has 1 rings (SSSR count). The largest absolute Gasteiger partial charge is 0.296 e. The molecular weight excluding hydrogens is 168 g/mol. The van der Waals surface area contributed by atoms with E-state index in [0.717, 1.165) is 0 Å². The molecule has 13 heavy (non-hydrogen) atoms. The van der Waals surface area contributed by atoms with Crippen LogP contribution in [-0.2, 0) is 22.7 Å². The van der Waals surface area contributed by atoms with Gasteiger partial charge in [0, 0.05) is 0 Å². The molecule has 0 fully saturated rings. The first-order chi connectivity index (χ1) is 6.08. The summed E-state index contributed by atoms with van der Waals surface area (Å²) >= 11 is 0.